The Kier molecular flexibility index (Phi) is 3.51. The predicted molar refractivity (Wildman–Crippen MR) is 66.1 cm³/mol. The van der Waals surface area contributed by atoms with Crippen molar-refractivity contribution in [2.45, 2.75) is 18.9 Å². The summed E-state index contributed by atoms with van der Waals surface area (Å²) in [4.78, 5) is 0. The Morgan fingerprint density at radius 3 is 2.76 bits per heavy atom. The molecule has 0 amide bonds. The fourth-order valence-corrected chi connectivity index (χ4v) is 3.58. The molecule has 94 valence electrons. The van der Waals surface area contributed by atoms with E-state index in [0.717, 1.165) is 18.4 Å². The number of sulfonamides is 1. The van der Waals surface area contributed by atoms with Gasteiger partial charge < -0.3 is 5.11 Å². The standard InChI is InChI=1S/C12H17NO3S/c1-17(15,16)13(8-9-14)12-7-6-10-4-2-3-5-11(10)12/h2-5,12,14H,6-9H2,1H3. The lowest BCUT2D eigenvalue weighted by Crippen LogP contribution is -2.35. The number of rotatable bonds is 4. The summed E-state index contributed by atoms with van der Waals surface area (Å²) >= 11 is 0. The van der Waals surface area contributed by atoms with Crippen molar-refractivity contribution in [2.24, 2.45) is 0 Å². The molecule has 0 saturated heterocycles. The topological polar surface area (TPSA) is 57.6 Å². The Labute approximate surface area is 102 Å². The zero-order chi connectivity index (χ0) is 12.5. The molecular weight excluding hydrogens is 238 g/mol. The van der Waals surface area contributed by atoms with Crippen LogP contribution in [0.2, 0.25) is 0 Å². The summed E-state index contributed by atoms with van der Waals surface area (Å²) in [6.07, 6.45) is 2.90. The maximum Gasteiger partial charge on any atom is 0.211 e. The van der Waals surface area contributed by atoms with Crippen LogP contribution in [0.15, 0.2) is 24.3 Å². The minimum absolute atomic E-state index is 0.117. The Hall–Kier alpha value is -0.910. The molecule has 1 atom stereocenters. The van der Waals surface area contributed by atoms with Crippen molar-refractivity contribution in [2.75, 3.05) is 19.4 Å². The normalized spacial score (nSPS) is 19.6. The molecule has 1 N–H and O–H groups in total. The molecule has 1 aromatic carbocycles. The van der Waals surface area contributed by atoms with Crippen molar-refractivity contribution >= 4 is 10.0 Å². The minimum atomic E-state index is -3.28. The molecule has 1 aromatic rings. The first-order valence-electron chi connectivity index (χ1n) is 5.69. The van der Waals surface area contributed by atoms with Gasteiger partial charge in [0, 0.05) is 6.54 Å². The van der Waals surface area contributed by atoms with E-state index in [1.165, 1.54) is 16.1 Å². The predicted octanol–water partition coefficient (Wildman–Crippen LogP) is 0.928. The summed E-state index contributed by atoms with van der Waals surface area (Å²) in [6.45, 7) is 0.0174. The highest BCUT2D eigenvalue weighted by atomic mass is 32.2. The van der Waals surface area contributed by atoms with Crippen LogP contribution in [-0.4, -0.2) is 37.2 Å². The van der Waals surface area contributed by atoms with Crippen molar-refractivity contribution < 1.29 is 13.5 Å². The van der Waals surface area contributed by atoms with Crippen molar-refractivity contribution in [3.8, 4) is 0 Å². The summed E-state index contributed by atoms with van der Waals surface area (Å²) in [7, 11) is -3.28. The SMILES string of the molecule is CS(=O)(=O)N(CCO)C1CCc2ccccc21. The summed E-state index contributed by atoms with van der Waals surface area (Å²) in [5.74, 6) is 0. The molecule has 0 aromatic heterocycles. The molecule has 2 rings (SSSR count). The van der Waals surface area contributed by atoms with Crippen LogP contribution in [0.1, 0.15) is 23.6 Å². The Morgan fingerprint density at radius 1 is 1.41 bits per heavy atom. The van der Waals surface area contributed by atoms with Crippen molar-refractivity contribution in [3.63, 3.8) is 0 Å². The van der Waals surface area contributed by atoms with Gasteiger partial charge in [-0.25, -0.2) is 8.42 Å². The van der Waals surface area contributed by atoms with Gasteiger partial charge in [0.2, 0.25) is 10.0 Å². The van der Waals surface area contributed by atoms with Gasteiger partial charge in [0.15, 0.2) is 0 Å². The average Bonchev–Trinajstić information content (AvgIpc) is 2.68. The molecule has 1 unspecified atom stereocenters. The lowest BCUT2D eigenvalue weighted by Gasteiger charge is -2.26. The highest BCUT2D eigenvalue weighted by Crippen LogP contribution is 2.36. The van der Waals surface area contributed by atoms with E-state index >= 15 is 0 Å². The van der Waals surface area contributed by atoms with Gasteiger partial charge in [0.1, 0.15) is 0 Å². The first-order valence-corrected chi connectivity index (χ1v) is 7.54. The molecule has 1 aliphatic carbocycles. The van der Waals surface area contributed by atoms with Gasteiger partial charge >= 0.3 is 0 Å². The van der Waals surface area contributed by atoms with Gasteiger partial charge in [-0.3, -0.25) is 0 Å². The van der Waals surface area contributed by atoms with E-state index in [-0.39, 0.29) is 19.2 Å². The number of aryl methyl sites for hydroxylation is 1. The smallest absolute Gasteiger partial charge is 0.211 e. The molecule has 0 radical (unpaired) electrons. The van der Waals surface area contributed by atoms with E-state index < -0.39 is 10.0 Å². The van der Waals surface area contributed by atoms with Crippen LogP contribution in [0.25, 0.3) is 0 Å². The van der Waals surface area contributed by atoms with Crippen LogP contribution in [-0.2, 0) is 16.4 Å². The van der Waals surface area contributed by atoms with E-state index in [9.17, 15) is 8.42 Å². The van der Waals surface area contributed by atoms with E-state index in [2.05, 4.69) is 0 Å². The number of aliphatic hydroxyl groups is 1. The highest BCUT2D eigenvalue weighted by molar-refractivity contribution is 7.88. The van der Waals surface area contributed by atoms with Crippen LogP contribution < -0.4 is 0 Å². The molecule has 0 aliphatic heterocycles. The van der Waals surface area contributed by atoms with Crippen LogP contribution >= 0.6 is 0 Å². The lowest BCUT2D eigenvalue weighted by molar-refractivity contribution is 0.226. The zero-order valence-electron chi connectivity index (χ0n) is 9.83. The van der Waals surface area contributed by atoms with E-state index in [1.54, 1.807) is 0 Å². The van der Waals surface area contributed by atoms with Gasteiger partial charge in [-0.05, 0) is 24.0 Å². The average molecular weight is 255 g/mol. The Bertz CT molecular complexity index is 498. The quantitative estimate of drug-likeness (QED) is 0.870. The lowest BCUT2D eigenvalue weighted by atomic mass is 10.1. The van der Waals surface area contributed by atoms with Gasteiger partial charge in [-0.1, -0.05) is 24.3 Å². The molecule has 17 heavy (non-hydrogen) atoms. The summed E-state index contributed by atoms with van der Waals surface area (Å²) in [5, 5.41) is 9.00. The number of hydrogen-bond donors (Lipinski definition) is 1. The van der Waals surface area contributed by atoms with Crippen molar-refractivity contribution in [1.82, 2.24) is 4.31 Å². The third kappa shape index (κ3) is 2.51. The maximum absolute atomic E-state index is 11.7. The second-order valence-electron chi connectivity index (χ2n) is 4.35. The summed E-state index contributed by atoms with van der Waals surface area (Å²) < 4.78 is 24.9. The van der Waals surface area contributed by atoms with Crippen LogP contribution in [0.5, 0.6) is 0 Å². The molecule has 0 fully saturated rings. The molecule has 4 nitrogen and oxygen atoms in total. The second kappa shape index (κ2) is 4.76. The molecular formula is C12H17NO3S. The Morgan fingerprint density at radius 2 is 2.12 bits per heavy atom. The van der Waals surface area contributed by atoms with Crippen LogP contribution in [0.4, 0.5) is 0 Å². The maximum atomic E-state index is 11.7. The van der Waals surface area contributed by atoms with Crippen molar-refractivity contribution in [3.05, 3.63) is 35.4 Å². The fourth-order valence-electron chi connectivity index (χ4n) is 2.49. The third-order valence-corrected chi connectivity index (χ3v) is 4.48. The summed E-state index contributed by atoms with van der Waals surface area (Å²) in [6, 6.07) is 7.79. The summed E-state index contributed by atoms with van der Waals surface area (Å²) in [5.41, 5.74) is 2.29. The van der Waals surface area contributed by atoms with Crippen molar-refractivity contribution in [1.29, 1.82) is 0 Å². The van der Waals surface area contributed by atoms with Gasteiger partial charge in [0.25, 0.3) is 0 Å². The monoisotopic (exact) mass is 255 g/mol. The second-order valence-corrected chi connectivity index (χ2v) is 6.29. The third-order valence-electron chi connectivity index (χ3n) is 3.20. The largest absolute Gasteiger partial charge is 0.395 e. The van der Waals surface area contributed by atoms with E-state index in [1.807, 2.05) is 24.3 Å². The zero-order valence-corrected chi connectivity index (χ0v) is 10.7. The molecule has 0 heterocycles. The molecule has 0 bridgehead atoms. The van der Waals surface area contributed by atoms with E-state index in [0.29, 0.717) is 0 Å². The highest BCUT2D eigenvalue weighted by Gasteiger charge is 2.32. The van der Waals surface area contributed by atoms with Crippen LogP contribution in [0.3, 0.4) is 0 Å². The minimum Gasteiger partial charge on any atom is -0.395 e. The first kappa shape index (κ1) is 12.5. The first-order chi connectivity index (χ1) is 8.04. The van der Waals surface area contributed by atoms with Crippen LogP contribution in [0, 0.1) is 0 Å². The molecule has 0 spiro atoms. The van der Waals surface area contributed by atoms with Gasteiger partial charge in [0.05, 0.1) is 18.9 Å². The number of benzene rings is 1. The number of hydrogen-bond acceptors (Lipinski definition) is 3. The molecule has 5 heteroatoms. The Balaban J connectivity index is 2.34. The number of nitrogens with zero attached hydrogens (tertiary/aromatic N) is 1. The van der Waals surface area contributed by atoms with Gasteiger partial charge in [-0.2, -0.15) is 4.31 Å². The fraction of sp³-hybridized carbons (Fsp3) is 0.500. The van der Waals surface area contributed by atoms with E-state index in [4.69, 9.17) is 5.11 Å². The van der Waals surface area contributed by atoms with Gasteiger partial charge in [-0.15, -0.1) is 0 Å². The molecule has 0 saturated carbocycles. The number of fused-ring (bicyclic) bond motifs is 1. The molecule has 1 aliphatic rings. The number of aliphatic hydroxyl groups excluding tert-OH is 1.